The van der Waals surface area contributed by atoms with Crippen LogP contribution < -0.4 is 5.32 Å². The number of nitrogens with zero attached hydrogens (tertiary/aromatic N) is 2. The summed E-state index contributed by atoms with van der Waals surface area (Å²) in [6.07, 6.45) is 6.80. The van der Waals surface area contributed by atoms with Crippen LogP contribution in [0.15, 0.2) is 0 Å². The van der Waals surface area contributed by atoms with Crippen molar-refractivity contribution in [1.29, 1.82) is 0 Å². The summed E-state index contributed by atoms with van der Waals surface area (Å²) in [5.41, 5.74) is 0. The molecule has 2 bridgehead atoms. The van der Waals surface area contributed by atoms with Crippen molar-refractivity contribution in [2.75, 3.05) is 33.7 Å². The third-order valence-electron chi connectivity index (χ3n) is 4.76. The summed E-state index contributed by atoms with van der Waals surface area (Å²) in [6.45, 7) is 6.10. The van der Waals surface area contributed by atoms with Gasteiger partial charge in [0, 0.05) is 31.2 Å². The number of fused-ring (bicyclic) bond motifs is 2. The van der Waals surface area contributed by atoms with Gasteiger partial charge in [0.25, 0.3) is 0 Å². The molecule has 2 saturated heterocycles. The molecule has 0 aromatic rings. The Morgan fingerprint density at radius 2 is 2.00 bits per heavy atom. The van der Waals surface area contributed by atoms with Gasteiger partial charge < -0.3 is 10.2 Å². The fraction of sp³-hybridized carbons (Fsp3) is 1.00. The van der Waals surface area contributed by atoms with Crippen molar-refractivity contribution in [2.45, 2.75) is 57.2 Å². The molecule has 2 heterocycles. The number of nitrogens with one attached hydrogen (secondary N) is 1. The van der Waals surface area contributed by atoms with Gasteiger partial charge in [-0.15, -0.1) is 0 Å². The van der Waals surface area contributed by atoms with E-state index >= 15 is 0 Å². The fourth-order valence-corrected chi connectivity index (χ4v) is 3.53. The molecule has 2 aliphatic heterocycles. The van der Waals surface area contributed by atoms with Crippen LogP contribution in [0.5, 0.6) is 0 Å². The maximum atomic E-state index is 3.47. The molecule has 0 radical (unpaired) electrons. The minimum absolute atomic E-state index is 0.682. The summed E-state index contributed by atoms with van der Waals surface area (Å²) in [7, 11) is 4.43. The quantitative estimate of drug-likeness (QED) is 0.785. The van der Waals surface area contributed by atoms with Gasteiger partial charge in [-0.3, -0.25) is 4.90 Å². The molecule has 3 nitrogen and oxygen atoms in total. The summed E-state index contributed by atoms with van der Waals surface area (Å²) >= 11 is 0. The average Bonchev–Trinajstić information content (AvgIpc) is 2.56. The Bertz CT molecular complexity index is 232. The first-order valence-electron chi connectivity index (χ1n) is 7.36. The van der Waals surface area contributed by atoms with Crippen molar-refractivity contribution >= 4 is 0 Å². The van der Waals surface area contributed by atoms with E-state index in [1.165, 1.54) is 51.7 Å². The topological polar surface area (TPSA) is 18.5 Å². The minimum Gasteiger partial charge on any atom is -0.316 e. The minimum atomic E-state index is 0.682. The van der Waals surface area contributed by atoms with E-state index in [1.54, 1.807) is 0 Å². The van der Waals surface area contributed by atoms with Gasteiger partial charge in [-0.1, -0.05) is 13.3 Å². The second-order valence-electron chi connectivity index (χ2n) is 5.87. The van der Waals surface area contributed by atoms with E-state index in [4.69, 9.17) is 0 Å². The standard InChI is InChI=1S/C14H29N3/c1-4-5-12(15-2)10-17-9-8-13-6-7-14(11-17)16(13)3/h12-15H,4-11H2,1-3H3. The summed E-state index contributed by atoms with van der Waals surface area (Å²) in [4.78, 5) is 5.32. The van der Waals surface area contributed by atoms with Gasteiger partial charge in [0.05, 0.1) is 0 Å². The van der Waals surface area contributed by atoms with E-state index in [9.17, 15) is 0 Å². The Kier molecular flexibility index (Phi) is 4.83. The van der Waals surface area contributed by atoms with Crippen LogP contribution in [0.1, 0.15) is 39.0 Å². The highest BCUT2D eigenvalue weighted by atomic mass is 15.3. The number of likely N-dealkylation sites (tertiary alicyclic amines) is 1. The maximum absolute atomic E-state index is 3.47. The smallest absolute Gasteiger partial charge is 0.0223 e. The first-order valence-corrected chi connectivity index (χ1v) is 7.36. The monoisotopic (exact) mass is 239 g/mol. The van der Waals surface area contributed by atoms with Crippen molar-refractivity contribution in [3.8, 4) is 0 Å². The predicted octanol–water partition coefficient (Wildman–Crippen LogP) is 1.54. The van der Waals surface area contributed by atoms with Crippen molar-refractivity contribution in [3.05, 3.63) is 0 Å². The molecule has 100 valence electrons. The number of hydrogen-bond donors (Lipinski definition) is 1. The predicted molar refractivity (Wildman–Crippen MR) is 73.4 cm³/mol. The van der Waals surface area contributed by atoms with Crippen LogP contribution >= 0.6 is 0 Å². The largest absolute Gasteiger partial charge is 0.316 e. The molecule has 0 aromatic heterocycles. The van der Waals surface area contributed by atoms with Crippen LogP contribution in [0.3, 0.4) is 0 Å². The zero-order chi connectivity index (χ0) is 12.3. The lowest BCUT2D eigenvalue weighted by Crippen LogP contribution is -2.43. The van der Waals surface area contributed by atoms with E-state index in [1.807, 2.05) is 0 Å². The van der Waals surface area contributed by atoms with Gasteiger partial charge in [-0.25, -0.2) is 0 Å². The van der Waals surface area contributed by atoms with Gasteiger partial charge in [0.1, 0.15) is 0 Å². The highest BCUT2D eigenvalue weighted by Gasteiger charge is 2.34. The zero-order valence-corrected chi connectivity index (χ0v) is 11.8. The Morgan fingerprint density at radius 1 is 1.24 bits per heavy atom. The molecule has 0 amide bonds. The Labute approximate surface area is 107 Å². The third-order valence-corrected chi connectivity index (χ3v) is 4.76. The molecule has 1 N–H and O–H groups in total. The molecule has 3 atom stereocenters. The molecule has 3 unspecified atom stereocenters. The molecule has 0 aromatic carbocycles. The normalized spacial score (nSPS) is 32.6. The second kappa shape index (κ2) is 6.17. The fourth-order valence-electron chi connectivity index (χ4n) is 3.53. The SMILES string of the molecule is CCCC(CN1CCC2CCC(C1)N2C)NC. The van der Waals surface area contributed by atoms with E-state index < -0.39 is 0 Å². The third kappa shape index (κ3) is 3.21. The van der Waals surface area contributed by atoms with Gasteiger partial charge in [0.2, 0.25) is 0 Å². The maximum Gasteiger partial charge on any atom is 0.0223 e. The lowest BCUT2D eigenvalue weighted by Gasteiger charge is -2.29. The van der Waals surface area contributed by atoms with Crippen molar-refractivity contribution < 1.29 is 0 Å². The van der Waals surface area contributed by atoms with Crippen LogP contribution in [0, 0.1) is 0 Å². The van der Waals surface area contributed by atoms with Crippen LogP contribution in [0.4, 0.5) is 0 Å². The number of hydrogen-bond acceptors (Lipinski definition) is 3. The summed E-state index contributed by atoms with van der Waals surface area (Å²) < 4.78 is 0. The second-order valence-corrected chi connectivity index (χ2v) is 5.87. The highest BCUT2D eigenvalue weighted by Crippen LogP contribution is 2.28. The summed E-state index contributed by atoms with van der Waals surface area (Å²) in [5.74, 6) is 0. The molecule has 2 aliphatic rings. The first kappa shape index (κ1) is 13.3. The Morgan fingerprint density at radius 3 is 2.71 bits per heavy atom. The van der Waals surface area contributed by atoms with Crippen LogP contribution in [-0.4, -0.2) is 61.7 Å². The lowest BCUT2D eigenvalue weighted by molar-refractivity contribution is 0.204. The Balaban J connectivity index is 1.86. The summed E-state index contributed by atoms with van der Waals surface area (Å²) in [6, 6.07) is 2.37. The molecule has 0 spiro atoms. The Hall–Kier alpha value is -0.120. The molecule has 0 aliphatic carbocycles. The van der Waals surface area contributed by atoms with Gasteiger partial charge in [0.15, 0.2) is 0 Å². The molecule has 3 heteroatoms. The van der Waals surface area contributed by atoms with Gasteiger partial charge in [-0.2, -0.15) is 0 Å². The first-order chi connectivity index (χ1) is 8.24. The molecular weight excluding hydrogens is 210 g/mol. The van der Waals surface area contributed by atoms with E-state index in [0.717, 1.165) is 12.1 Å². The molecule has 17 heavy (non-hydrogen) atoms. The van der Waals surface area contributed by atoms with E-state index in [2.05, 4.69) is 36.1 Å². The highest BCUT2D eigenvalue weighted by molar-refractivity contribution is 4.91. The van der Waals surface area contributed by atoms with Crippen LogP contribution in [0.25, 0.3) is 0 Å². The lowest BCUT2D eigenvalue weighted by atomic mass is 10.1. The van der Waals surface area contributed by atoms with Crippen molar-refractivity contribution in [3.63, 3.8) is 0 Å². The zero-order valence-electron chi connectivity index (χ0n) is 11.8. The van der Waals surface area contributed by atoms with E-state index in [0.29, 0.717) is 6.04 Å². The van der Waals surface area contributed by atoms with E-state index in [-0.39, 0.29) is 0 Å². The average molecular weight is 239 g/mol. The van der Waals surface area contributed by atoms with Crippen molar-refractivity contribution in [2.24, 2.45) is 0 Å². The summed E-state index contributed by atoms with van der Waals surface area (Å²) in [5, 5.41) is 3.47. The van der Waals surface area contributed by atoms with Crippen LogP contribution in [-0.2, 0) is 0 Å². The van der Waals surface area contributed by atoms with Gasteiger partial charge in [-0.05, 0) is 46.3 Å². The van der Waals surface area contributed by atoms with Crippen molar-refractivity contribution in [1.82, 2.24) is 15.1 Å². The van der Waals surface area contributed by atoms with Gasteiger partial charge >= 0.3 is 0 Å². The number of likely N-dealkylation sites (N-methyl/N-ethyl adjacent to an activating group) is 2. The molecule has 2 rings (SSSR count). The molecule has 0 saturated carbocycles. The molecular formula is C14H29N3. The van der Waals surface area contributed by atoms with Crippen LogP contribution in [0.2, 0.25) is 0 Å². The molecule has 2 fully saturated rings. The number of rotatable bonds is 5.